The topological polar surface area (TPSA) is 49.4 Å². The monoisotopic (exact) mass is 158 g/mol. The summed E-state index contributed by atoms with van der Waals surface area (Å²) in [6, 6.07) is 0. The Bertz CT molecular complexity index is 141. The summed E-state index contributed by atoms with van der Waals surface area (Å²) < 4.78 is 0. The van der Waals surface area contributed by atoms with Gasteiger partial charge in [-0.05, 0) is 0 Å². The van der Waals surface area contributed by atoms with Gasteiger partial charge in [-0.25, -0.2) is 0 Å². The minimum atomic E-state index is -0.161. The molecule has 1 saturated heterocycles. The molecule has 0 bridgehead atoms. The van der Waals surface area contributed by atoms with Crippen LogP contribution in [0.1, 0.15) is 13.8 Å². The van der Waals surface area contributed by atoms with Crippen LogP contribution in [0, 0.1) is 0 Å². The maximum absolute atomic E-state index is 10.6. The lowest BCUT2D eigenvalue weighted by molar-refractivity contribution is -0.144. The molecule has 0 spiro atoms. The van der Waals surface area contributed by atoms with Crippen molar-refractivity contribution >= 4 is 11.8 Å². The van der Waals surface area contributed by atoms with Crippen LogP contribution in [0.25, 0.3) is 0 Å². The molecule has 0 radical (unpaired) electrons. The Labute approximate surface area is 66.6 Å². The molecule has 2 amide bonds. The van der Waals surface area contributed by atoms with Crippen molar-refractivity contribution in [2.24, 2.45) is 0 Å². The zero-order valence-electron chi connectivity index (χ0n) is 7.18. The van der Waals surface area contributed by atoms with Crippen LogP contribution in [0.15, 0.2) is 0 Å². The first-order valence-corrected chi connectivity index (χ1v) is 3.72. The molecule has 1 N–H and O–H groups in total. The summed E-state index contributed by atoms with van der Waals surface area (Å²) >= 11 is 0. The third-order valence-electron chi connectivity index (χ3n) is 1.30. The smallest absolute Gasteiger partial charge is 0.242 e. The summed E-state index contributed by atoms with van der Waals surface area (Å²) in [5.74, 6) is -0.322. The summed E-state index contributed by atoms with van der Waals surface area (Å²) in [4.78, 5) is 22.4. The fourth-order valence-electron chi connectivity index (χ4n) is 0.653. The Morgan fingerprint density at radius 2 is 1.55 bits per heavy atom. The molecule has 0 aromatic carbocycles. The van der Waals surface area contributed by atoms with E-state index in [2.05, 4.69) is 5.32 Å². The fourth-order valence-corrected chi connectivity index (χ4v) is 0.653. The normalized spacial score (nSPS) is 17.5. The molecule has 4 nitrogen and oxygen atoms in total. The molecular weight excluding hydrogens is 144 g/mol. The number of imide groups is 1. The molecular formula is C7H14N2O2. The van der Waals surface area contributed by atoms with Crippen LogP contribution >= 0.6 is 0 Å². The summed E-state index contributed by atoms with van der Waals surface area (Å²) in [6.45, 7) is 4.56. The van der Waals surface area contributed by atoms with Crippen molar-refractivity contribution in [3.8, 4) is 0 Å². The molecule has 0 aromatic heterocycles. The molecule has 0 unspecified atom stereocenters. The van der Waals surface area contributed by atoms with Crippen LogP contribution in [-0.2, 0) is 9.59 Å². The van der Waals surface area contributed by atoms with E-state index in [1.54, 1.807) is 0 Å². The van der Waals surface area contributed by atoms with Gasteiger partial charge in [0, 0.05) is 7.05 Å². The quantitative estimate of drug-likeness (QED) is 0.488. The predicted molar refractivity (Wildman–Crippen MR) is 42.0 cm³/mol. The van der Waals surface area contributed by atoms with E-state index in [1.165, 1.54) is 7.05 Å². The number of hydrogen-bond acceptors (Lipinski definition) is 3. The van der Waals surface area contributed by atoms with Crippen LogP contribution in [-0.4, -0.2) is 36.9 Å². The third kappa shape index (κ3) is 2.67. The number of likely N-dealkylation sites (N-methyl/N-ethyl adjacent to an activating group) is 1. The molecule has 1 heterocycles. The van der Waals surface area contributed by atoms with Crippen LogP contribution in [0.2, 0.25) is 0 Å². The molecule has 1 aliphatic heterocycles. The first-order valence-electron chi connectivity index (χ1n) is 3.72. The molecule has 0 saturated carbocycles. The van der Waals surface area contributed by atoms with Gasteiger partial charge >= 0.3 is 0 Å². The summed E-state index contributed by atoms with van der Waals surface area (Å²) in [5, 5.41) is 2.67. The van der Waals surface area contributed by atoms with Gasteiger partial charge in [0.25, 0.3) is 0 Å². The van der Waals surface area contributed by atoms with Gasteiger partial charge in [-0.15, -0.1) is 0 Å². The average Bonchev–Trinajstić information content (AvgIpc) is 2.04. The van der Waals surface area contributed by atoms with Crippen molar-refractivity contribution in [2.75, 3.05) is 20.1 Å². The van der Waals surface area contributed by atoms with E-state index in [4.69, 9.17) is 0 Å². The number of amides is 2. The van der Waals surface area contributed by atoms with Crippen LogP contribution in [0.3, 0.4) is 0 Å². The van der Waals surface area contributed by atoms with Crippen molar-refractivity contribution in [3.63, 3.8) is 0 Å². The van der Waals surface area contributed by atoms with Gasteiger partial charge in [0.2, 0.25) is 11.8 Å². The Kier molecular flexibility index (Phi) is 4.45. The SMILES string of the molecule is CC.CN1C(=O)CNCC1=O. The van der Waals surface area contributed by atoms with E-state index in [9.17, 15) is 9.59 Å². The van der Waals surface area contributed by atoms with Gasteiger partial charge in [0.15, 0.2) is 0 Å². The Hall–Kier alpha value is -0.900. The highest BCUT2D eigenvalue weighted by molar-refractivity contribution is 5.99. The highest BCUT2D eigenvalue weighted by atomic mass is 16.2. The minimum Gasteiger partial charge on any atom is -0.300 e. The molecule has 0 atom stereocenters. The van der Waals surface area contributed by atoms with E-state index in [0.29, 0.717) is 0 Å². The van der Waals surface area contributed by atoms with E-state index < -0.39 is 0 Å². The van der Waals surface area contributed by atoms with Crippen LogP contribution in [0.4, 0.5) is 0 Å². The van der Waals surface area contributed by atoms with E-state index >= 15 is 0 Å². The highest BCUT2D eigenvalue weighted by Gasteiger charge is 2.20. The summed E-state index contributed by atoms with van der Waals surface area (Å²) in [7, 11) is 1.49. The highest BCUT2D eigenvalue weighted by Crippen LogP contribution is 1.89. The van der Waals surface area contributed by atoms with Crippen molar-refractivity contribution in [3.05, 3.63) is 0 Å². The standard InChI is InChI=1S/C5H8N2O2.C2H6/c1-7-4(8)2-6-3-5(7)9;1-2/h6H,2-3H2,1H3;1-2H3. The third-order valence-corrected chi connectivity index (χ3v) is 1.30. The summed E-state index contributed by atoms with van der Waals surface area (Å²) in [6.07, 6.45) is 0. The first kappa shape index (κ1) is 10.1. The number of piperazine rings is 1. The molecule has 0 aromatic rings. The van der Waals surface area contributed by atoms with Crippen molar-refractivity contribution in [1.29, 1.82) is 0 Å². The second-order valence-corrected chi connectivity index (χ2v) is 1.95. The van der Waals surface area contributed by atoms with Crippen LogP contribution < -0.4 is 5.32 Å². The minimum absolute atomic E-state index is 0.161. The number of hydrogen-bond donors (Lipinski definition) is 1. The zero-order chi connectivity index (χ0) is 8.85. The van der Waals surface area contributed by atoms with Crippen molar-refractivity contribution in [2.45, 2.75) is 13.8 Å². The van der Waals surface area contributed by atoms with E-state index in [-0.39, 0.29) is 24.9 Å². The number of nitrogens with one attached hydrogen (secondary N) is 1. The molecule has 1 aliphatic rings. The first-order chi connectivity index (χ1) is 5.22. The second kappa shape index (κ2) is 4.85. The predicted octanol–water partition coefficient (Wildman–Crippen LogP) is -0.399. The van der Waals surface area contributed by atoms with Gasteiger partial charge in [0.05, 0.1) is 13.1 Å². The lowest BCUT2D eigenvalue weighted by Gasteiger charge is -2.20. The molecule has 1 rings (SSSR count). The molecule has 64 valence electrons. The van der Waals surface area contributed by atoms with Crippen molar-refractivity contribution < 1.29 is 9.59 Å². The Morgan fingerprint density at radius 3 is 1.82 bits per heavy atom. The van der Waals surface area contributed by atoms with Gasteiger partial charge in [-0.1, -0.05) is 13.8 Å². The lowest BCUT2D eigenvalue weighted by Crippen LogP contribution is -2.49. The maximum atomic E-state index is 10.6. The van der Waals surface area contributed by atoms with E-state index in [0.717, 1.165) is 4.90 Å². The average molecular weight is 158 g/mol. The fraction of sp³-hybridized carbons (Fsp3) is 0.714. The maximum Gasteiger partial charge on any atom is 0.242 e. The van der Waals surface area contributed by atoms with Gasteiger partial charge in [-0.2, -0.15) is 0 Å². The zero-order valence-corrected chi connectivity index (χ0v) is 7.18. The second-order valence-electron chi connectivity index (χ2n) is 1.95. The molecule has 1 fully saturated rings. The van der Waals surface area contributed by atoms with E-state index in [1.807, 2.05) is 13.8 Å². The summed E-state index contributed by atoms with van der Waals surface area (Å²) in [5.41, 5.74) is 0. The van der Waals surface area contributed by atoms with Crippen molar-refractivity contribution in [1.82, 2.24) is 10.2 Å². The lowest BCUT2D eigenvalue weighted by atomic mass is 10.4. The molecule has 0 aliphatic carbocycles. The van der Waals surface area contributed by atoms with Gasteiger partial charge in [0.1, 0.15) is 0 Å². The number of nitrogens with zero attached hydrogens (tertiary/aromatic N) is 1. The number of carbonyl (C=O) groups is 2. The Balaban J connectivity index is 0.000000461. The number of carbonyl (C=O) groups excluding carboxylic acids is 2. The van der Waals surface area contributed by atoms with Crippen LogP contribution in [0.5, 0.6) is 0 Å². The molecule has 4 heteroatoms. The van der Waals surface area contributed by atoms with Gasteiger partial charge < -0.3 is 0 Å². The van der Waals surface area contributed by atoms with Gasteiger partial charge in [-0.3, -0.25) is 19.8 Å². The molecule has 11 heavy (non-hydrogen) atoms. The number of rotatable bonds is 0. The Morgan fingerprint density at radius 1 is 1.18 bits per heavy atom. The largest absolute Gasteiger partial charge is 0.300 e.